The van der Waals surface area contributed by atoms with Gasteiger partial charge in [0.25, 0.3) is 5.91 Å². The number of hydrogen-bond acceptors (Lipinski definition) is 5. The first-order valence-corrected chi connectivity index (χ1v) is 8.85. The Bertz CT molecular complexity index is 949. The Kier molecular flexibility index (Phi) is 6.54. The lowest BCUT2D eigenvalue weighted by Gasteiger charge is -2.09. The molecule has 1 heterocycles. The smallest absolute Gasteiger partial charge is 0.251 e. The summed E-state index contributed by atoms with van der Waals surface area (Å²) in [6.45, 7) is 0.211. The Hall–Kier alpha value is -3.45. The molecular weight excluding hydrogens is 380 g/mol. The van der Waals surface area contributed by atoms with Crippen LogP contribution in [0.25, 0.3) is 0 Å². The normalized spacial score (nSPS) is 10.2. The average Bonchev–Trinajstić information content (AvgIpc) is 2.69. The SMILES string of the molecule is O=C(CCNC(=O)c1ccc(Cl)cc1)Nc1cccc(Oc2cnccn2)c1. The van der Waals surface area contributed by atoms with Gasteiger partial charge >= 0.3 is 0 Å². The van der Waals surface area contributed by atoms with E-state index in [0.29, 0.717) is 27.9 Å². The average molecular weight is 397 g/mol. The third kappa shape index (κ3) is 5.78. The number of amides is 2. The van der Waals surface area contributed by atoms with E-state index in [1.807, 2.05) is 0 Å². The molecule has 1 aromatic heterocycles. The van der Waals surface area contributed by atoms with Crippen molar-refractivity contribution >= 4 is 29.1 Å². The second-order valence-corrected chi connectivity index (χ2v) is 6.17. The Balaban J connectivity index is 1.47. The van der Waals surface area contributed by atoms with Crippen LogP contribution in [0.2, 0.25) is 5.02 Å². The van der Waals surface area contributed by atoms with Crippen molar-refractivity contribution in [1.82, 2.24) is 15.3 Å². The first-order valence-electron chi connectivity index (χ1n) is 8.48. The summed E-state index contributed by atoms with van der Waals surface area (Å²) < 4.78 is 5.58. The van der Waals surface area contributed by atoms with E-state index in [2.05, 4.69) is 20.6 Å². The zero-order chi connectivity index (χ0) is 19.8. The number of nitrogens with one attached hydrogen (secondary N) is 2. The van der Waals surface area contributed by atoms with Gasteiger partial charge in [0.2, 0.25) is 11.8 Å². The van der Waals surface area contributed by atoms with Gasteiger partial charge in [0, 0.05) is 47.7 Å². The van der Waals surface area contributed by atoms with Gasteiger partial charge in [-0.15, -0.1) is 0 Å². The molecule has 8 heteroatoms. The van der Waals surface area contributed by atoms with E-state index in [1.54, 1.807) is 54.7 Å². The van der Waals surface area contributed by atoms with E-state index >= 15 is 0 Å². The summed E-state index contributed by atoms with van der Waals surface area (Å²) in [5, 5.41) is 6.02. The fourth-order valence-electron chi connectivity index (χ4n) is 2.31. The third-order valence-electron chi connectivity index (χ3n) is 3.62. The standard InChI is InChI=1S/C20H17ClN4O3/c21-15-6-4-14(5-7-15)20(27)24-9-8-18(26)25-16-2-1-3-17(12-16)28-19-13-22-10-11-23-19/h1-7,10-13H,8-9H2,(H,24,27)(H,25,26). The molecule has 0 aliphatic carbocycles. The van der Waals surface area contributed by atoms with Crippen LogP contribution < -0.4 is 15.4 Å². The van der Waals surface area contributed by atoms with Crippen LogP contribution in [0.5, 0.6) is 11.6 Å². The van der Waals surface area contributed by atoms with Gasteiger partial charge in [0.15, 0.2) is 0 Å². The van der Waals surface area contributed by atoms with Gasteiger partial charge in [-0.3, -0.25) is 14.6 Å². The summed E-state index contributed by atoms with van der Waals surface area (Å²) in [6, 6.07) is 13.5. The van der Waals surface area contributed by atoms with Gasteiger partial charge in [0.1, 0.15) is 5.75 Å². The van der Waals surface area contributed by atoms with Crippen molar-refractivity contribution in [1.29, 1.82) is 0 Å². The summed E-state index contributed by atoms with van der Waals surface area (Å²) in [7, 11) is 0. The number of carbonyl (C=O) groups excluding carboxylic acids is 2. The summed E-state index contributed by atoms with van der Waals surface area (Å²) in [5.41, 5.74) is 1.06. The Labute approximate surface area is 166 Å². The van der Waals surface area contributed by atoms with Crippen molar-refractivity contribution in [2.75, 3.05) is 11.9 Å². The van der Waals surface area contributed by atoms with Gasteiger partial charge in [-0.1, -0.05) is 17.7 Å². The minimum absolute atomic E-state index is 0.134. The molecule has 0 atom stereocenters. The second kappa shape index (κ2) is 9.48. The van der Waals surface area contributed by atoms with E-state index in [-0.39, 0.29) is 24.8 Å². The summed E-state index contributed by atoms with van der Waals surface area (Å²) in [5.74, 6) is 0.391. The molecule has 7 nitrogen and oxygen atoms in total. The van der Waals surface area contributed by atoms with Crippen LogP contribution in [0.4, 0.5) is 5.69 Å². The molecule has 0 radical (unpaired) electrons. The number of benzene rings is 2. The van der Waals surface area contributed by atoms with Gasteiger partial charge in [-0.05, 0) is 36.4 Å². The predicted molar refractivity (Wildman–Crippen MR) is 106 cm³/mol. The third-order valence-corrected chi connectivity index (χ3v) is 3.88. The minimum atomic E-state index is -0.260. The number of nitrogens with zero attached hydrogens (tertiary/aromatic N) is 2. The van der Waals surface area contributed by atoms with Crippen molar-refractivity contribution in [3.63, 3.8) is 0 Å². The van der Waals surface area contributed by atoms with E-state index in [4.69, 9.17) is 16.3 Å². The highest BCUT2D eigenvalue weighted by molar-refractivity contribution is 6.30. The van der Waals surface area contributed by atoms with Gasteiger partial charge in [-0.2, -0.15) is 0 Å². The zero-order valence-corrected chi connectivity index (χ0v) is 15.5. The summed E-state index contributed by atoms with van der Waals surface area (Å²) in [4.78, 5) is 32.1. The molecule has 0 spiro atoms. The molecule has 2 amide bonds. The maximum Gasteiger partial charge on any atom is 0.251 e. The first kappa shape index (κ1) is 19.3. The highest BCUT2D eigenvalue weighted by Gasteiger charge is 2.08. The number of rotatable bonds is 7. The van der Waals surface area contributed by atoms with Crippen molar-refractivity contribution in [3.05, 3.63) is 77.7 Å². The molecule has 3 rings (SSSR count). The molecule has 28 heavy (non-hydrogen) atoms. The highest BCUT2D eigenvalue weighted by atomic mass is 35.5. The van der Waals surface area contributed by atoms with Crippen molar-refractivity contribution in [2.45, 2.75) is 6.42 Å². The molecule has 0 saturated heterocycles. The van der Waals surface area contributed by atoms with E-state index in [0.717, 1.165) is 0 Å². The minimum Gasteiger partial charge on any atom is -0.437 e. The van der Waals surface area contributed by atoms with Crippen molar-refractivity contribution in [3.8, 4) is 11.6 Å². The molecule has 2 N–H and O–H groups in total. The molecule has 0 aliphatic rings. The fourth-order valence-corrected chi connectivity index (χ4v) is 2.44. The van der Waals surface area contributed by atoms with Crippen LogP contribution in [-0.2, 0) is 4.79 Å². The van der Waals surface area contributed by atoms with Gasteiger partial charge in [-0.25, -0.2) is 4.98 Å². The first-order chi connectivity index (χ1) is 13.6. The summed E-state index contributed by atoms with van der Waals surface area (Å²) in [6.07, 6.45) is 4.71. The maximum absolute atomic E-state index is 12.1. The lowest BCUT2D eigenvalue weighted by Crippen LogP contribution is -2.27. The Morgan fingerprint density at radius 2 is 1.89 bits per heavy atom. The molecule has 2 aromatic carbocycles. The molecule has 0 aliphatic heterocycles. The van der Waals surface area contributed by atoms with E-state index in [9.17, 15) is 9.59 Å². The fraction of sp³-hybridized carbons (Fsp3) is 0.100. The number of anilines is 1. The molecule has 0 unspecified atom stereocenters. The zero-order valence-electron chi connectivity index (χ0n) is 14.8. The lowest BCUT2D eigenvalue weighted by molar-refractivity contribution is -0.116. The van der Waals surface area contributed by atoms with Crippen LogP contribution in [0.1, 0.15) is 16.8 Å². The number of halogens is 1. The molecule has 0 saturated carbocycles. The van der Waals surface area contributed by atoms with Crippen LogP contribution in [-0.4, -0.2) is 28.3 Å². The van der Waals surface area contributed by atoms with E-state index < -0.39 is 0 Å². The predicted octanol–water partition coefficient (Wildman–Crippen LogP) is 3.68. The van der Waals surface area contributed by atoms with Crippen LogP contribution in [0.15, 0.2) is 67.1 Å². The molecule has 0 bridgehead atoms. The van der Waals surface area contributed by atoms with Crippen molar-refractivity contribution < 1.29 is 14.3 Å². The Morgan fingerprint density at radius 3 is 2.64 bits per heavy atom. The largest absolute Gasteiger partial charge is 0.437 e. The number of carbonyl (C=O) groups is 2. The van der Waals surface area contributed by atoms with Crippen LogP contribution in [0.3, 0.4) is 0 Å². The highest BCUT2D eigenvalue weighted by Crippen LogP contribution is 2.22. The van der Waals surface area contributed by atoms with Crippen molar-refractivity contribution in [2.24, 2.45) is 0 Å². The number of hydrogen-bond donors (Lipinski definition) is 2. The van der Waals surface area contributed by atoms with E-state index in [1.165, 1.54) is 12.4 Å². The van der Waals surface area contributed by atoms with Crippen LogP contribution in [0, 0.1) is 0 Å². The molecule has 3 aromatic rings. The lowest BCUT2D eigenvalue weighted by atomic mass is 10.2. The topological polar surface area (TPSA) is 93.2 Å². The molecule has 142 valence electrons. The quantitative estimate of drug-likeness (QED) is 0.635. The number of ether oxygens (including phenoxy) is 1. The van der Waals surface area contributed by atoms with Crippen LogP contribution >= 0.6 is 11.6 Å². The summed E-state index contributed by atoms with van der Waals surface area (Å²) >= 11 is 5.80. The Morgan fingerprint density at radius 1 is 1.07 bits per heavy atom. The number of aromatic nitrogens is 2. The maximum atomic E-state index is 12.1. The van der Waals surface area contributed by atoms with Gasteiger partial charge < -0.3 is 15.4 Å². The van der Waals surface area contributed by atoms with Gasteiger partial charge in [0.05, 0.1) is 6.20 Å². The second-order valence-electron chi connectivity index (χ2n) is 5.73. The molecular formula is C20H17ClN4O3. The monoisotopic (exact) mass is 396 g/mol. The molecule has 0 fully saturated rings.